The molecule has 0 saturated heterocycles. The van der Waals surface area contributed by atoms with E-state index in [1.165, 1.54) is 18.4 Å². The van der Waals surface area contributed by atoms with Crippen LogP contribution in [0.4, 0.5) is 0 Å². The molecule has 1 aromatic rings. The van der Waals surface area contributed by atoms with E-state index in [0.29, 0.717) is 11.6 Å². The molecule has 0 fully saturated rings. The average Bonchev–Trinajstić information content (AvgIpc) is 2.64. The Kier molecular flexibility index (Phi) is 3.82. The quantitative estimate of drug-likeness (QED) is 0.740. The van der Waals surface area contributed by atoms with Crippen LogP contribution in [0.25, 0.3) is 0 Å². The normalized spacial score (nSPS) is 14.7. The maximum atomic E-state index is 11.7. The summed E-state index contributed by atoms with van der Waals surface area (Å²) in [5, 5.41) is 2.51. The van der Waals surface area contributed by atoms with Crippen molar-refractivity contribution < 1.29 is 14.3 Å². The van der Waals surface area contributed by atoms with Crippen LogP contribution < -0.4 is 0 Å². The Morgan fingerprint density at radius 2 is 2.33 bits per heavy atom. The number of rotatable bonds is 4. The molecule has 1 heterocycles. The molecular weight excluding hydrogens is 214 g/mol. The van der Waals surface area contributed by atoms with Crippen molar-refractivity contribution in [3.05, 3.63) is 16.1 Å². The molecule has 0 unspecified atom stereocenters. The van der Waals surface area contributed by atoms with Gasteiger partial charge in [0, 0.05) is 18.2 Å². The van der Waals surface area contributed by atoms with Crippen LogP contribution in [0.2, 0.25) is 0 Å². The summed E-state index contributed by atoms with van der Waals surface area (Å²) < 4.78 is 10.2. The highest BCUT2D eigenvalue weighted by atomic mass is 32.1. The van der Waals surface area contributed by atoms with Gasteiger partial charge in [0.2, 0.25) is 5.60 Å². The van der Waals surface area contributed by atoms with Gasteiger partial charge in [-0.15, -0.1) is 11.3 Å². The van der Waals surface area contributed by atoms with E-state index in [1.54, 1.807) is 13.8 Å². The van der Waals surface area contributed by atoms with Gasteiger partial charge in [-0.2, -0.15) is 0 Å². The number of thiazole rings is 1. The third kappa shape index (κ3) is 2.35. The van der Waals surface area contributed by atoms with Crippen molar-refractivity contribution in [3.8, 4) is 0 Å². The van der Waals surface area contributed by atoms with Gasteiger partial charge in [0.25, 0.3) is 0 Å². The fourth-order valence-electron chi connectivity index (χ4n) is 1.10. The van der Waals surface area contributed by atoms with Crippen LogP contribution in [0, 0.1) is 6.92 Å². The monoisotopic (exact) mass is 229 g/mol. The molecule has 1 aromatic heterocycles. The van der Waals surface area contributed by atoms with Crippen LogP contribution >= 0.6 is 11.3 Å². The number of methoxy groups -OCH3 is 1. The van der Waals surface area contributed by atoms with Gasteiger partial charge in [0.05, 0.1) is 6.61 Å². The van der Waals surface area contributed by atoms with Gasteiger partial charge < -0.3 is 9.47 Å². The van der Waals surface area contributed by atoms with Crippen molar-refractivity contribution in [2.75, 3.05) is 13.7 Å². The summed E-state index contributed by atoms with van der Waals surface area (Å²) in [5.74, 6) is -0.401. The molecule has 0 spiro atoms. The SMILES string of the molecule is CCOC(=O)[C@@](C)(OC)c1nc(C)cs1. The standard InChI is InChI=1S/C10H15NO3S/c1-5-14-9(12)10(3,13-4)8-11-7(2)6-15-8/h6H,5H2,1-4H3/t10-/m0/s1. The molecule has 0 aliphatic rings. The lowest BCUT2D eigenvalue weighted by Gasteiger charge is -2.22. The first-order chi connectivity index (χ1) is 7.04. The number of nitrogens with zero attached hydrogens (tertiary/aromatic N) is 1. The van der Waals surface area contributed by atoms with Crippen molar-refractivity contribution in [2.45, 2.75) is 26.4 Å². The molecule has 1 atom stereocenters. The van der Waals surface area contributed by atoms with Crippen molar-refractivity contribution in [2.24, 2.45) is 0 Å². The van der Waals surface area contributed by atoms with Crippen LogP contribution in [0.15, 0.2) is 5.38 Å². The number of ether oxygens (including phenoxy) is 2. The molecule has 1 rings (SSSR count). The Hall–Kier alpha value is -0.940. The van der Waals surface area contributed by atoms with Gasteiger partial charge in [-0.25, -0.2) is 9.78 Å². The van der Waals surface area contributed by atoms with Gasteiger partial charge >= 0.3 is 5.97 Å². The Morgan fingerprint density at radius 1 is 1.67 bits per heavy atom. The predicted molar refractivity (Wildman–Crippen MR) is 57.8 cm³/mol. The molecule has 0 radical (unpaired) electrons. The number of aryl methyl sites for hydroxylation is 1. The van der Waals surface area contributed by atoms with Crippen molar-refractivity contribution in [1.82, 2.24) is 4.98 Å². The molecule has 5 heteroatoms. The number of carbonyl (C=O) groups excluding carboxylic acids is 1. The lowest BCUT2D eigenvalue weighted by Crippen LogP contribution is -2.36. The van der Waals surface area contributed by atoms with E-state index in [4.69, 9.17) is 9.47 Å². The predicted octanol–water partition coefficient (Wildman–Crippen LogP) is 1.88. The smallest absolute Gasteiger partial charge is 0.345 e. The van der Waals surface area contributed by atoms with Gasteiger partial charge in [0.15, 0.2) is 0 Å². The average molecular weight is 229 g/mol. The summed E-state index contributed by atoms with van der Waals surface area (Å²) >= 11 is 1.40. The summed E-state index contributed by atoms with van der Waals surface area (Å²) in [6.45, 7) is 5.65. The second-order valence-corrected chi connectivity index (χ2v) is 4.11. The zero-order valence-electron chi connectivity index (χ0n) is 9.36. The van der Waals surface area contributed by atoms with Gasteiger partial charge in [-0.05, 0) is 20.8 Å². The van der Waals surface area contributed by atoms with Crippen LogP contribution in [-0.2, 0) is 19.9 Å². The molecule has 0 amide bonds. The third-order valence-electron chi connectivity index (χ3n) is 2.10. The van der Waals surface area contributed by atoms with Crippen molar-refractivity contribution >= 4 is 17.3 Å². The zero-order chi connectivity index (χ0) is 11.5. The first kappa shape index (κ1) is 12.1. The van der Waals surface area contributed by atoms with E-state index in [0.717, 1.165) is 5.69 Å². The van der Waals surface area contributed by atoms with Crippen LogP contribution in [-0.4, -0.2) is 24.7 Å². The van der Waals surface area contributed by atoms with Gasteiger partial charge in [-0.3, -0.25) is 0 Å². The number of hydrogen-bond donors (Lipinski definition) is 0. The lowest BCUT2D eigenvalue weighted by atomic mass is 10.1. The first-order valence-corrected chi connectivity index (χ1v) is 5.57. The maximum absolute atomic E-state index is 11.7. The Morgan fingerprint density at radius 3 is 2.73 bits per heavy atom. The van der Waals surface area contributed by atoms with E-state index in [9.17, 15) is 4.79 Å². The number of esters is 1. The topological polar surface area (TPSA) is 48.4 Å². The molecule has 0 aromatic carbocycles. The van der Waals surface area contributed by atoms with E-state index >= 15 is 0 Å². The molecule has 0 bridgehead atoms. The summed E-state index contributed by atoms with van der Waals surface area (Å²) in [7, 11) is 1.48. The first-order valence-electron chi connectivity index (χ1n) is 4.69. The molecule has 0 aliphatic heterocycles. The highest BCUT2D eigenvalue weighted by Gasteiger charge is 2.39. The van der Waals surface area contributed by atoms with E-state index in [1.807, 2.05) is 12.3 Å². The van der Waals surface area contributed by atoms with E-state index in [2.05, 4.69) is 4.98 Å². The van der Waals surface area contributed by atoms with Crippen molar-refractivity contribution in [3.63, 3.8) is 0 Å². The van der Waals surface area contributed by atoms with Crippen LogP contribution in [0.1, 0.15) is 24.5 Å². The lowest BCUT2D eigenvalue weighted by molar-refractivity contribution is -0.168. The molecule has 0 saturated carbocycles. The van der Waals surface area contributed by atoms with E-state index < -0.39 is 11.6 Å². The maximum Gasteiger partial charge on any atom is 0.345 e. The van der Waals surface area contributed by atoms with Gasteiger partial charge in [-0.1, -0.05) is 0 Å². The second-order valence-electron chi connectivity index (χ2n) is 3.25. The fraction of sp³-hybridized carbons (Fsp3) is 0.600. The highest BCUT2D eigenvalue weighted by Crippen LogP contribution is 2.28. The Labute approximate surface area is 93.2 Å². The Bertz CT molecular complexity index is 350. The summed E-state index contributed by atoms with van der Waals surface area (Å²) in [6.07, 6.45) is 0. The minimum atomic E-state index is -1.09. The molecule has 4 nitrogen and oxygen atoms in total. The highest BCUT2D eigenvalue weighted by molar-refractivity contribution is 7.10. The second kappa shape index (κ2) is 4.72. The number of aromatic nitrogens is 1. The van der Waals surface area contributed by atoms with Crippen LogP contribution in [0.3, 0.4) is 0 Å². The summed E-state index contributed by atoms with van der Waals surface area (Å²) in [6, 6.07) is 0. The van der Waals surface area contributed by atoms with Crippen molar-refractivity contribution in [1.29, 1.82) is 0 Å². The molecule has 15 heavy (non-hydrogen) atoms. The zero-order valence-corrected chi connectivity index (χ0v) is 10.2. The number of carbonyl (C=O) groups is 1. The molecule has 0 aliphatic carbocycles. The summed E-state index contributed by atoms with van der Waals surface area (Å²) in [5.41, 5.74) is -0.211. The minimum absolute atomic E-state index is 0.335. The largest absolute Gasteiger partial charge is 0.464 e. The number of hydrogen-bond acceptors (Lipinski definition) is 5. The molecule has 84 valence electrons. The summed E-state index contributed by atoms with van der Waals surface area (Å²) in [4.78, 5) is 16.0. The molecular formula is C10H15NO3S. The minimum Gasteiger partial charge on any atom is -0.464 e. The van der Waals surface area contributed by atoms with Crippen LogP contribution in [0.5, 0.6) is 0 Å². The van der Waals surface area contributed by atoms with Gasteiger partial charge in [0.1, 0.15) is 5.01 Å². The Balaban J connectivity index is 2.99. The molecule has 0 N–H and O–H groups in total. The van der Waals surface area contributed by atoms with E-state index in [-0.39, 0.29) is 0 Å². The third-order valence-corrected chi connectivity index (χ3v) is 3.26. The fourth-order valence-corrected chi connectivity index (χ4v) is 2.02.